The van der Waals surface area contributed by atoms with Gasteiger partial charge in [0.15, 0.2) is 29.4 Å². The Morgan fingerprint density at radius 1 is 1.29 bits per heavy atom. The molecule has 15 nitrogen and oxygen atoms in total. The van der Waals surface area contributed by atoms with Crippen LogP contribution in [0.2, 0.25) is 4.34 Å². The van der Waals surface area contributed by atoms with Crippen molar-refractivity contribution in [3.05, 3.63) is 68.7 Å². The summed E-state index contributed by atoms with van der Waals surface area (Å²) in [4.78, 5) is 50.8. The zero-order valence-corrected chi connectivity index (χ0v) is 28.3. The van der Waals surface area contributed by atoms with Crippen LogP contribution < -0.4 is 31.1 Å². The smallest absolute Gasteiger partial charge is 0.276 e. The Labute approximate surface area is 292 Å². The molecule has 2 amide bonds. The lowest BCUT2D eigenvalue weighted by Gasteiger charge is -2.50. The van der Waals surface area contributed by atoms with E-state index in [-0.39, 0.29) is 50.5 Å². The summed E-state index contributed by atoms with van der Waals surface area (Å²) < 4.78 is 19.0. The minimum Gasteiger partial charge on any atom is -0.543 e. The number of rotatable bonds is 11. The average molecular weight is 729 g/mol. The number of carboxylic acid groups (broad SMARTS) is 1. The van der Waals surface area contributed by atoms with Crippen LogP contribution >= 0.6 is 34.7 Å². The van der Waals surface area contributed by atoms with Gasteiger partial charge in [0.05, 0.1) is 24.3 Å². The lowest BCUT2D eigenvalue weighted by molar-refractivity contribution is -0.766. The monoisotopic (exact) mass is 728 g/mol. The van der Waals surface area contributed by atoms with Gasteiger partial charge in [-0.25, -0.2) is 9.37 Å². The molecule has 2 aromatic heterocycles. The number of thioether (sulfide) groups is 1. The van der Waals surface area contributed by atoms with Crippen molar-refractivity contribution in [3.63, 3.8) is 0 Å². The number of nitrogens with zero attached hydrogens (tertiary/aromatic N) is 6. The Morgan fingerprint density at radius 3 is 2.76 bits per heavy atom. The number of carboxylic acids is 1. The van der Waals surface area contributed by atoms with E-state index in [4.69, 9.17) is 27.6 Å². The van der Waals surface area contributed by atoms with Crippen LogP contribution in [0.5, 0.6) is 0 Å². The van der Waals surface area contributed by atoms with Gasteiger partial charge in [0.2, 0.25) is 0 Å². The van der Waals surface area contributed by atoms with Gasteiger partial charge in [0.25, 0.3) is 11.8 Å². The molecule has 5 N–H and O–H groups in total. The van der Waals surface area contributed by atoms with Gasteiger partial charge in [0, 0.05) is 41.6 Å². The number of nitrogens with one attached hydrogen (secondary N) is 3. The van der Waals surface area contributed by atoms with Crippen molar-refractivity contribution in [1.29, 1.82) is 5.41 Å². The number of carbonyl (C=O) groups is 3. The summed E-state index contributed by atoms with van der Waals surface area (Å²) in [5.41, 5.74) is 6.66. The fourth-order valence-electron chi connectivity index (χ4n) is 6.09. The van der Waals surface area contributed by atoms with Crippen LogP contribution in [0.25, 0.3) is 0 Å². The zero-order chi connectivity index (χ0) is 34.6. The fourth-order valence-corrected chi connectivity index (χ4v) is 8.35. The summed E-state index contributed by atoms with van der Waals surface area (Å²) in [6.45, 7) is 1.68. The number of aromatic nitrogens is 3. The maximum atomic E-state index is 15.1. The van der Waals surface area contributed by atoms with E-state index in [9.17, 15) is 19.5 Å². The Morgan fingerprint density at radius 2 is 2.08 bits per heavy atom. The molecule has 3 aromatic rings. The number of hydrogen-bond acceptors (Lipinski definition) is 12. The first kappa shape index (κ1) is 32.8. The highest BCUT2D eigenvalue weighted by Gasteiger charge is 2.53. The lowest BCUT2D eigenvalue weighted by atomic mass is 10.0. The van der Waals surface area contributed by atoms with E-state index in [1.54, 1.807) is 12.1 Å². The third-order valence-electron chi connectivity index (χ3n) is 8.61. The fraction of sp³-hybridized carbons (Fsp3) is 0.367. The number of benzene rings is 1. The number of nitrogens with two attached hydrogens (primary N) is 1. The average Bonchev–Trinajstić information content (AvgIpc) is 3.50. The van der Waals surface area contributed by atoms with Crippen molar-refractivity contribution in [2.75, 3.05) is 30.0 Å². The van der Waals surface area contributed by atoms with E-state index in [0.29, 0.717) is 42.4 Å². The van der Waals surface area contributed by atoms with Gasteiger partial charge in [-0.15, -0.1) is 21.1 Å². The molecule has 0 unspecified atom stereocenters. The third kappa shape index (κ3) is 6.19. The van der Waals surface area contributed by atoms with Crippen molar-refractivity contribution in [1.82, 2.24) is 25.2 Å². The van der Waals surface area contributed by atoms with Crippen molar-refractivity contribution >= 4 is 75.0 Å². The molecule has 2 fully saturated rings. The maximum Gasteiger partial charge on any atom is 0.276 e. The van der Waals surface area contributed by atoms with E-state index in [2.05, 4.69) is 20.8 Å². The van der Waals surface area contributed by atoms with Crippen LogP contribution in [0.15, 0.2) is 46.9 Å². The van der Waals surface area contributed by atoms with Gasteiger partial charge in [-0.05, 0) is 18.9 Å². The molecular weight excluding hydrogens is 699 g/mol. The van der Waals surface area contributed by atoms with Crippen molar-refractivity contribution < 1.29 is 33.4 Å². The predicted molar refractivity (Wildman–Crippen MR) is 177 cm³/mol. The molecule has 0 bridgehead atoms. The molecule has 4 aliphatic rings. The second-order valence-electron chi connectivity index (χ2n) is 11.8. The van der Waals surface area contributed by atoms with Crippen LogP contribution in [0, 0.1) is 11.2 Å². The Kier molecular flexibility index (Phi) is 8.70. The largest absolute Gasteiger partial charge is 0.543 e. The quantitative estimate of drug-likeness (QED) is 0.0694. The SMILES string of the molecule is CO/N=C(\C(=O)N[C@@H]1C(=O)N2C(C(=O)[O-])=C(C[n+]3ccc4n3CCN4Cc3ccc(C(=N)NC4CC4)cc3F)CS[C@H]12)c1nc(N)sc1Cl. The first-order valence-electron chi connectivity index (χ1n) is 15.2. The highest BCUT2D eigenvalue weighted by Crippen LogP contribution is 2.40. The van der Waals surface area contributed by atoms with Gasteiger partial charge < -0.3 is 36.0 Å². The van der Waals surface area contributed by atoms with Gasteiger partial charge in [-0.3, -0.25) is 19.9 Å². The number of aliphatic carboxylic acids is 1. The molecule has 1 saturated carbocycles. The molecule has 5 heterocycles. The minimum atomic E-state index is -1.50. The summed E-state index contributed by atoms with van der Waals surface area (Å²) in [6, 6.07) is 5.98. The van der Waals surface area contributed by atoms with Crippen molar-refractivity contribution in [3.8, 4) is 0 Å². The topological polar surface area (TPSA) is 198 Å². The molecule has 1 aromatic carbocycles. The Hall–Kier alpha value is -4.68. The summed E-state index contributed by atoms with van der Waals surface area (Å²) in [6.07, 6.45) is 3.86. The minimum absolute atomic E-state index is 0.00232. The Balaban J connectivity index is 1.04. The number of thiazole rings is 1. The first-order valence-corrected chi connectivity index (χ1v) is 17.5. The van der Waals surface area contributed by atoms with Gasteiger partial charge in [0.1, 0.15) is 40.2 Å². The molecule has 0 radical (unpaired) electrons. The van der Waals surface area contributed by atoms with E-state index in [1.807, 2.05) is 26.5 Å². The molecule has 256 valence electrons. The second-order valence-corrected chi connectivity index (χ2v) is 14.6. The van der Waals surface area contributed by atoms with Crippen LogP contribution in [-0.2, 0) is 38.9 Å². The highest BCUT2D eigenvalue weighted by molar-refractivity contribution is 8.00. The molecular formula is C30H30ClFN10O5S2. The number of anilines is 2. The van der Waals surface area contributed by atoms with Crippen LogP contribution in [0.3, 0.4) is 0 Å². The number of β-lactam (4-membered cyclic amide) rings is 1. The standard InChI is InChI=1S/C30H30ClFN10O5S2/c1-47-38-21(20-24(31)49-30(34)37-20)26(43)36-22-27(44)42-23(29(45)46)16(13-48-28(22)42)12-40-7-6-19-39(8-9-41(19)40)11-15-3-2-14(10-18(15)32)25(33)35-17-4-5-17/h2-3,6-7,10,17,22,28H,4-5,8-9,11-13H2,1H3,(H5-,33,34,35,36,37,43,45,46)/b38-21-/t22-,28-/m1/s1. The van der Waals surface area contributed by atoms with E-state index >= 15 is 4.39 Å². The van der Waals surface area contributed by atoms with Gasteiger partial charge in [-0.2, -0.15) is 0 Å². The van der Waals surface area contributed by atoms with Crippen LogP contribution in [0.1, 0.15) is 29.7 Å². The van der Waals surface area contributed by atoms with Gasteiger partial charge in [-0.1, -0.05) is 40.2 Å². The molecule has 19 heteroatoms. The van der Waals surface area contributed by atoms with Crippen molar-refractivity contribution in [2.45, 2.75) is 49.9 Å². The number of oxime groups is 1. The molecule has 3 aliphatic heterocycles. The van der Waals surface area contributed by atoms with Crippen molar-refractivity contribution in [2.24, 2.45) is 5.16 Å². The first-order chi connectivity index (χ1) is 23.5. The molecule has 1 aliphatic carbocycles. The molecule has 49 heavy (non-hydrogen) atoms. The number of amides is 2. The van der Waals surface area contributed by atoms with Crippen LogP contribution in [-0.4, -0.2) is 80.8 Å². The number of carbonyl (C=O) groups excluding carboxylic acids is 3. The van der Waals surface area contributed by atoms with E-state index in [0.717, 1.165) is 34.9 Å². The summed E-state index contributed by atoms with van der Waals surface area (Å²) in [7, 11) is 1.24. The summed E-state index contributed by atoms with van der Waals surface area (Å²) in [5.74, 6) is -1.98. The predicted octanol–water partition coefficient (Wildman–Crippen LogP) is 0.159. The van der Waals surface area contributed by atoms with E-state index in [1.165, 1.54) is 24.9 Å². The maximum absolute atomic E-state index is 15.1. The number of fused-ring (bicyclic) bond motifs is 2. The highest BCUT2D eigenvalue weighted by atomic mass is 35.5. The molecule has 1 saturated heterocycles. The third-order valence-corrected chi connectivity index (χ3v) is 11.0. The van der Waals surface area contributed by atoms with Gasteiger partial charge >= 0.3 is 0 Å². The summed E-state index contributed by atoms with van der Waals surface area (Å²) in [5, 5.41) is 29.4. The number of halogens is 2. The zero-order valence-electron chi connectivity index (χ0n) is 25.9. The number of hydrogen-bond donors (Lipinski definition) is 4. The second kappa shape index (κ2) is 13.0. The Bertz CT molecular complexity index is 1960. The number of amidine groups is 1. The molecule has 7 rings (SSSR count). The van der Waals surface area contributed by atoms with Crippen LogP contribution in [0.4, 0.5) is 15.3 Å². The normalized spacial score (nSPS) is 20.1. The molecule has 2 atom stereocenters. The number of nitrogen functional groups attached to an aromatic ring is 1. The lowest BCUT2D eigenvalue weighted by Crippen LogP contribution is -2.71. The van der Waals surface area contributed by atoms with E-state index < -0.39 is 29.2 Å². The molecule has 0 spiro atoms. The summed E-state index contributed by atoms with van der Waals surface area (Å²) >= 11 is 8.41.